The van der Waals surface area contributed by atoms with Crippen LogP contribution < -0.4 is 15.2 Å². The predicted octanol–water partition coefficient (Wildman–Crippen LogP) is -9.96. The first kappa shape index (κ1) is 59.3. The van der Waals surface area contributed by atoms with Gasteiger partial charge in [-0.25, -0.2) is 18.0 Å². The third-order valence-electron chi connectivity index (χ3n) is 10.3. The Bertz CT molecular complexity index is 2170. The average molecular weight is 1100 g/mol. The smallest absolute Gasteiger partial charge is 0.397 e. The van der Waals surface area contributed by atoms with Gasteiger partial charge in [-0.05, 0) is 25.8 Å². The highest BCUT2D eigenvalue weighted by Crippen LogP contribution is 2.35. The van der Waals surface area contributed by atoms with E-state index in [0.29, 0.717) is 12.8 Å². The lowest BCUT2D eigenvalue weighted by Gasteiger charge is -2.49. The monoisotopic (exact) mass is 1100 g/mol. The quantitative estimate of drug-likeness (QED) is 0.0315. The van der Waals surface area contributed by atoms with Crippen LogP contribution >= 0.6 is 0 Å². The van der Waals surface area contributed by atoms with E-state index in [1.165, 1.54) is 4.72 Å². The lowest BCUT2D eigenvalue weighted by molar-refractivity contribution is -0.370. The molecule has 69 heavy (non-hydrogen) atoms. The van der Waals surface area contributed by atoms with Gasteiger partial charge < -0.3 is 89.6 Å². The van der Waals surface area contributed by atoms with Crippen molar-refractivity contribution >= 4 is 53.3 Å². The van der Waals surface area contributed by atoms with Crippen LogP contribution in [0, 0.1) is 0 Å². The first-order valence-corrected chi connectivity index (χ1v) is 25.2. The Kier molecular flexibility index (Phi) is 20.8. The van der Waals surface area contributed by atoms with E-state index in [0.717, 1.165) is 0 Å². The lowest BCUT2D eigenvalue weighted by atomic mass is 9.94. The number of aliphatic carboxylic acids is 2. The van der Waals surface area contributed by atoms with Gasteiger partial charge in [-0.15, -0.1) is 0 Å². The van der Waals surface area contributed by atoms with E-state index in [1.54, 1.807) is 4.72 Å². The zero-order chi connectivity index (χ0) is 52.1. The number of hydrogen-bond donors (Lipinski definition) is 16. The number of nitrogens with two attached hydrogens (primary N) is 1. The van der Waals surface area contributed by atoms with E-state index in [9.17, 15) is 107 Å². The normalized spacial score (nSPS) is 39.5. The molecule has 4 aliphatic heterocycles. The molecule has 20 atom stereocenters. The highest BCUT2D eigenvalue weighted by Gasteiger charge is 2.58. The summed E-state index contributed by atoms with van der Waals surface area (Å²) in [6.07, 6.45) is -42.8. The van der Waals surface area contributed by atoms with Crippen LogP contribution in [0.4, 0.5) is 0 Å². The van der Waals surface area contributed by atoms with Gasteiger partial charge in [0, 0.05) is 6.61 Å². The molecule has 0 aromatic carbocycles. The van der Waals surface area contributed by atoms with Crippen molar-refractivity contribution < 1.29 is 154 Å². The van der Waals surface area contributed by atoms with Crippen molar-refractivity contribution in [3.05, 3.63) is 0 Å². The molecule has 40 heteroatoms. The van der Waals surface area contributed by atoms with Crippen molar-refractivity contribution in [2.75, 3.05) is 26.4 Å². The van der Waals surface area contributed by atoms with Crippen LogP contribution in [0.25, 0.3) is 0 Å². The fourth-order valence-electron chi connectivity index (χ4n) is 7.16. The number of aliphatic hydroxyl groups is 7. The van der Waals surface area contributed by atoms with Gasteiger partial charge in [0.2, 0.25) is 0 Å². The molecule has 0 spiro atoms. The van der Waals surface area contributed by atoms with Gasteiger partial charge in [0.1, 0.15) is 85.3 Å². The van der Waals surface area contributed by atoms with Crippen molar-refractivity contribution in [1.82, 2.24) is 9.44 Å². The fraction of sp³-hybridized carbons (Fsp3) is 0.931. The van der Waals surface area contributed by atoms with Crippen molar-refractivity contribution in [1.29, 1.82) is 0 Å². The highest BCUT2D eigenvalue weighted by molar-refractivity contribution is 7.84. The van der Waals surface area contributed by atoms with Crippen LogP contribution in [0.3, 0.4) is 0 Å². The number of unbranched alkanes of at least 4 members (excludes halogenated alkanes) is 2. The first-order chi connectivity index (χ1) is 31.7. The van der Waals surface area contributed by atoms with Gasteiger partial charge in [-0.2, -0.15) is 43.1 Å². The van der Waals surface area contributed by atoms with Gasteiger partial charge in [0.05, 0.1) is 13.2 Å². The molecule has 0 aromatic rings. The van der Waals surface area contributed by atoms with E-state index in [-0.39, 0.29) is 19.6 Å². The first-order valence-electron chi connectivity index (χ1n) is 19.6. The van der Waals surface area contributed by atoms with Crippen LogP contribution in [0.5, 0.6) is 0 Å². The third-order valence-corrected chi connectivity index (χ3v) is 12.3. The number of carbonyl (C=O) groups is 2. The van der Waals surface area contributed by atoms with Gasteiger partial charge >= 0.3 is 53.3 Å². The van der Waals surface area contributed by atoms with E-state index in [2.05, 4.69) is 8.37 Å². The maximum absolute atomic E-state index is 12.7. The number of hydrogen-bond acceptors (Lipinski definition) is 28. The van der Waals surface area contributed by atoms with Crippen molar-refractivity contribution in [3.8, 4) is 0 Å². The Morgan fingerprint density at radius 2 is 0.913 bits per heavy atom. The summed E-state index contributed by atoms with van der Waals surface area (Å²) in [4.78, 5) is 24.3. The lowest BCUT2D eigenvalue weighted by Crippen LogP contribution is -2.70. The van der Waals surface area contributed by atoms with E-state index in [4.69, 9.17) is 43.6 Å². The summed E-state index contributed by atoms with van der Waals surface area (Å²) in [6, 6.07) is -4.68. The highest BCUT2D eigenvalue weighted by atomic mass is 32.3. The minimum Gasteiger partial charge on any atom is -0.479 e. The molecule has 4 fully saturated rings. The number of rotatable bonds is 24. The van der Waals surface area contributed by atoms with Gasteiger partial charge in [0.15, 0.2) is 37.4 Å². The molecule has 0 bridgehead atoms. The number of ether oxygens (including phenoxy) is 8. The maximum Gasteiger partial charge on any atom is 0.397 e. The summed E-state index contributed by atoms with van der Waals surface area (Å²) < 4.78 is 187. The Balaban J connectivity index is 1.68. The van der Waals surface area contributed by atoms with Crippen LogP contribution in [0.2, 0.25) is 0 Å². The molecular weight excluding hydrogens is 1050 g/mol. The van der Waals surface area contributed by atoms with E-state index < -0.39 is 189 Å². The van der Waals surface area contributed by atoms with Crippen LogP contribution in [-0.2, 0) is 97.3 Å². The topological polar surface area (TPSA) is 576 Å². The van der Waals surface area contributed by atoms with E-state index in [1.807, 2.05) is 0 Å². The molecule has 17 N–H and O–H groups in total. The molecule has 0 saturated carbocycles. The molecule has 4 saturated heterocycles. The molecule has 0 amide bonds. The predicted molar refractivity (Wildman–Crippen MR) is 207 cm³/mol. The van der Waals surface area contributed by atoms with Crippen molar-refractivity contribution in [2.45, 2.75) is 142 Å². The summed E-state index contributed by atoms with van der Waals surface area (Å²) >= 11 is 0. The minimum atomic E-state index is -5.59. The summed E-state index contributed by atoms with van der Waals surface area (Å²) in [5, 5.41) is 95.8. The molecule has 36 nitrogen and oxygen atoms in total. The Hall–Kier alpha value is -2.22. The summed E-state index contributed by atoms with van der Waals surface area (Å²) in [5.74, 6) is -4.12. The zero-order valence-electron chi connectivity index (χ0n) is 34.7. The maximum atomic E-state index is 12.7. The number of carboxylic acids is 2. The number of nitrogens with one attached hydrogen (secondary N) is 2. The molecule has 4 aliphatic rings. The van der Waals surface area contributed by atoms with E-state index >= 15 is 0 Å². The molecular formula is C29H51N3O33S4. The van der Waals surface area contributed by atoms with Crippen molar-refractivity contribution in [2.24, 2.45) is 5.73 Å². The Labute approximate surface area is 389 Å². The van der Waals surface area contributed by atoms with Crippen LogP contribution in [-0.4, -0.2) is 259 Å². The molecule has 0 aromatic heterocycles. The summed E-state index contributed by atoms with van der Waals surface area (Å²) in [6.45, 7) is -2.82. The summed E-state index contributed by atoms with van der Waals surface area (Å²) in [7, 11) is -21.7. The second-order valence-electron chi connectivity index (χ2n) is 15.2. The molecule has 4 rings (SSSR count). The number of aliphatic hydroxyl groups excluding tert-OH is 7. The second-order valence-corrected chi connectivity index (χ2v) is 19.8. The van der Waals surface area contributed by atoms with Crippen molar-refractivity contribution in [3.63, 3.8) is 0 Å². The standard InChI is InChI=1S/C29H51N3O33S4/c30-4-2-1-3-5-56-26-10(31-66(44,45)46)12(33)19(8(59-26)6-57-68(50,51)52)62-29-18(39)16(37)21(23(65-29)25(42)43)63-27-11(32-67(47,48)49)13(34)20(9(60-27)7-58-69(53,54)55)61-28-17(38)14(35)15(36)22(64-28)24(40)41/h8-23,26-29,31-39H,1-7,30H2,(H,40,41)(H,42,43)(H,44,45,46)(H,47,48,49)(H,50,51,52)(H,53,54,55)/t8-,9-,10-,11-,12-,13-,14+,15+,16-,17-,18-,19-,20-,21+,22+,23-,26+,27-,28-,29-/m1/s1. The number of carboxylic acid groups (broad SMARTS) is 2. The average Bonchev–Trinajstić information content (AvgIpc) is 3.21. The molecule has 4 heterocycles. The third kappa shape index (κ3) is 16.6. The zero-order valence-corrected chi connectivity index (χ0v) is 38.0. The van der Waals surface area contributed by atoms with Crippen LogP contribution in [0.15, 0.2) is 0 Å². The fourth-order valence-corrected chi connectivity index (χ4v) is 8.96. The van der Waals surface area contributed by atoms with Gasteiger partial charge in [0.25, 0.3) is 0 Å². The summed E-state index contributed by atoms with van der Waals surface area (Å²) in [5.41, 5.74) is 5.45. The molecule has 0 aliphatic carbocycles. The van der Waals surface area contributed by atoms with Crippen LogP contribution in [0.1, 0.15) is 19.3 Å². The molecule has 404 valence electrons. The van der Waals surface area contributed by atoms with Gasteiger partial charge in [-0.1, -0.05) is 0 Å². The Morgan fingerprint density at radius 3 is 1.35 bits per heavy atom. The minimum absolute atomic E-state index is 0.244. The molecule has 0 radical (unpaired) electrons. The second kappa shape index (κ2) is 24.2. The van der Waals surface area contributed by atoms with Gasteiger partial charge in [-0.3, -0.25) is 18.2 Å². The SMILES string of the molecule is NCCCCCO[C@H]1O[C@H](COS(=O)(=O)O)[C@@H](O[C@@H]2O[C@@H](C(=O)O)[C@@H](O[C@H]3O[C@H](COS(=O)(=O)O)[C@@H](O[C@@H]4O[C@H](C(=O)O)[C@@H](O)[C@H](O)[C@H]4O)[C@H](O)[C@H]3NS(=O)(=O)O)[C@H](O)[C@H]2O)[C@H](O)[C@H]1NS(=O)(=O)O. The molecule has 0 unspecified atom stereocenters. The Morgan fingerprint density at radius 1 is 0.493 bits per heavy atom. The largest absolute Gasteiger partial charge is 0.479 e.